The van der Waals surface area contributed by atoms with Crippen molar-refractivity contribution in [3.05, 3.63) is 0 Å². The summed E-state index contributed by atoms with van der Waals surface area (Å²) in [5.41, 5.74) is 5.12. The van der Waals surface area contributed by atoms with Crippen LogP contribution in [0, 0.1) is 5.41 Å². The van der Waals surface area contributed by atoms with E-state index in [0.29, 0.717) is 13.0 Å². The maximum atomic E-state index is 12.0. The van der Waals surface area contributed by atoms with E-state index in [-0.39, 0.29) is 29.8 Å². The van der Waals surface area contributed by atoms with Gasteiger partial charge in [-0.15, -0.1) is 12.4 Å². The van der Waals surface area contributed by atoms with Crippen LogP contribution in [0.5, 0.6) is 0 Å². The largest absolute Gasteiger partial charge is 0.378 e. The van der Waals surface area contributed by atoms with Gasteiger partial charge in [-0.05, 0) is 6.92 Å². The van der Waals surface area contributed by atoms with Crippen LogP contribution < -0.4 is 5.73 Å². The molecule has 1 fully saturated rings. The maximum Gasteiger partial charge on any atom is 0.242 e. The number of nitrogens with two attached hydrogens (primary N) is 1. The zero-order chi connectivity index (χ0) is 11.9. The number of hydrogen-bond donors (Lipinski definition) is 1. The minimum atomic E-state index is -0.768. The lowest BCUT2D eigenvalue weighted by Gasteiger charge is -2.58. The van der Waals surface area contributed by atoms with Crippen LogP contribution in [0.1, 0.15) is 27.2 Å². The Bertz CT molecular complexity index is 269. The number of hydrogen-bond acceptors (Lipinski definition) is 3. The van der Waals surface area contributed by atoms with E-state index in [1.165, 1.54) is 0 Å². The molecule has 0 aliphatic heterocycles. The summed E-state index contributed by atoms with van der Waals surface area (Å²) in [4.78, 5) is 13.5. The predicted octanol–water partition coefficient (Wildman–Crippen LogP) is 1.03. The number of ether oxygens (including phenoxy) is 1. The van der Waals surface area contributed by atoms with E-state index in [0.717, 1.165) is 0 Å². The van der Waals surface area contributed by atoms with Crippen LogP contribution in [0.25, 0.3) is 0 Å². The van der Waals surface area contributed by atoms with Gasteiger partial charge in [-0.25, -0.2) is 0 Å². The molecule has 4 nitrogen and oxygen atoms in total. The summed E-state index contributed by atoms with van der Waals surface area (Å²) in [6.07, 6.45) is 0.710. The highest BCUT2D eigenvalue weighted by Crippen LogP contribution is 2.50. The van der Waals surface area contributed by atoms with Crippen LogP contribution >= 0.6 is 12.4 Å². The van der Waals surface area contributed by atoms with Crippen LogP contribution in [-0.4, -0.2) is 43.2 Å². The Morgan fingerprint density at radius 2 is 2.00 bits per heavy atom. The van der Waals surface area contributed by atoms with Gasteiger partial charge < -0.3 is 15.4 Å². The second-order valence-corrected chi connectivity index (χ2v) is 5.04. The number of rotatable bonds is 3. The van der Waals surface area contributed by atoms with E-state index in [2.05, 4.69) is 0 Å². The molecule has 0 aromatic carbocycles. The molecule has 96 valence electrons. The topological polar surface area (TPSA) is 55.6 Å². The molecule has 0 aromatic rings. The van der Waals surface area contributed by atoms with Gasteiger partial charge in [-0.3, -0.25) is 4.79 Å². The second kappa shape index (κ2) is 4.90. The Morgan fingerprint density at radius 1 is 1.50 bits per heavy atom. The maximum absolute atomic E-state index is 12.0. The fourth-order valence-electron chi connectivity index (χ4n) is 2.20. The third-order valence-electron chi connectivity index (χ3n) is 3.62. The van der Waals surface area contributed by atoms with Crippen molar-refractivity contribution in [2.24, 2.45) is 11.1 Å². The van der Waals surface area contributed by atoms with Crippen LogP contribution in [0.15, 0.2) is 0 Å². The highest BCUT2D eigenvalue weighted by molar-refractivity contribution is 5.88. The minimum Gasteiger partial charge on any atom is -0.378 e. The molecular formula is C11H23ClN2O2. The molecule has 0 aromatic heterocycles. The SMILES string of the molecule is CCOC1CC(N)(C(=O)N(C)C)C1(C)C.Cl. The molecule has 5 heteroatoms. The first-order chi connectivity index (χ1) is 6.77. The molecule has 2 atom stereocenters. The highest BCUT2D eigenvalue weighted by atomic mass is 35.5. The molecule has 1 amide bonds. The van der Waals surface area contributed by atoms with E-state index in [1.807, 2.05) is 20.8 Å². The Labute approximate surface area is 104 Å². The van der Waals surface area contributed by atoms with Gasteiger partial charge in [0.15, 0.2) is 0 Å². The third-order valence-corrected chi connectivity index (χ3v) is 3.62. The minimum absolute atomic E-state index is 0. The first-order valence-electron chi connectivity index (χ1n) is 5.39. The van der Waals surface area contributed by atoms with E-state index in [4.69, 9.17) is 10.5 Å². The summed E-state index contributed by atoms with van der Waals surface area (Å²) in [7, 11) is 3.47. The van der Waals surface area contributed by atoms with E-state index < -0.39 is 5.54 Å². The van der Waals surface area contributed by atoms with Crippen LogP contribution in [0.4, 0.5) is 0 Å². The lowest BCUT2D eigenvalue weighted by Crippen LogP contribution is -2.75. The van der Waals surface area contributed by atoms with Crippen molar-refractivity contribution in [1.82, 2.24) is 4.90 Å². The van der Waals surface area contributed by atoms with Crippen LogP contribution in [0.3, 0.4) is 0 Å². The number of carbonyl (C=O) groups excluding carboxylic acids is 1. The molecule has 1 aliphatic rings. The molecule has 0 spiro atoms. The van der Waals surface area contributed by atoms with Gasteiger partial charge >= 0.3 is 0 Å². The van der Waals surface area contributed by atoms with Crippen LogP contribution in [0.2, 0.25) is 0 Å². The quantitative estimate of drug-likeness (QED) is 0.814. The first kappa shape index (κ1) is 15.7. The predicted molar refractivity (Wildman–Crippen MR) is 66.7 cm³/mol. The fourth-order valence-corrected chi connectivity index (χ4v) is 2.20. The Kier molecular flexibility index (Phi) is 4.80. The Morgan fingerprint density at radius 3 is 2.31 bits per heavy atom. The fraction of sp³-hybridized carbons (Fsp3) is 0.909. The number of halogens is 1. The Balaban J connectivity index is 0.00000225. The highest BCUT2D eigenvalue weighted by Gasteiger charge is 2.63. The van der Waals surface area contributed by atoms with Crippen molar-refractivity contribution < 1.29 is 9.53 Å². The molecule has 0 bridgehead atoms. The van der Waals surface area contributed by atoms with E-state index in [9.17, 15) is 4.79 Å². The van der Waals surface area contributed by atoms with Gasteiger partial charge in [0.2, 0.25) is 5.91 Å². The average molecular weight is 251 g/mol. The summed E-state index contributed by atoms with van der Waals surface area (Å²) < 4.78 is 5.57. The molecule has 1 aliphatic carbocycles. The number of amides is 1. The number of carbonyl (C=O) groups is 1. The summed E-state index contributed by atoms with van der Waals surface area (Å²) in [6, 6.07) is 0. The third kappa shape index (κ3) is 2.06. The van der Waals surface area contributed by atoms with E-state index in [1.54, 1.807) is 19.0 Å². The molecule has 2 N–H and O–H groups in total. The smallest absolute Gasteiger partial charge is 0.242 e. The normalized spacial score (nSPS) is 31.2. The zero-order valence-electron chi connectivity index (χ0n) is 10.7. The molecule has 1 rings (SSSR count). The summed E-state index contributed by atoms with van der Waals surface area (Å²) in [6.45, 7) is 6.62. The average Bonchev–Trinajstić information content (AvgIpc) is 2.15. The summed E-state index contributed by atoms with van der Waals surface area (Å²) >= 11 is 0. The molecular weight excluding hydrogens is 228 g/mol. The molecule has 0 radical (unpaired) electrons. The second-order valence-electron chi connectivity index (χ2n) is 5.04. The van der Waals surface area contributed by atoms with Crippen LogP contribution in [-0.2, 0) is 9.53 Å². The van der Waals surface area contributed by atoms with Crippen molar-refractivity contribution in [1.29, 1.82) is 0 Å². The zero-order valence-corrected chi connectivity index (χ0v) is 11.6. The Hall–Kier alpha value is -0.320. The lowest BCUT2D eigenvalue weighted by atomic mass is 9.54. The van der Waals surface area contributed by atoms with Gasteiger partial charge in [-0.2, -0.15) is 0 Å². The lowest BCUT2D eigenvalue weighted by molar-refractivity contribution is -0.177. The van der Waals surface area contributed by atoms with Gasteiger partial charge in [0, 0.05) is 32.5 Å². The summed E-state index contributed by atoms with van der Waals surface area (Å²) in [5.74, 6) is -0.0107. The monoisotopic (exact) mass is 250 g/mol. The number of likely N-dealkylation sites (N-methyl/N-ethyl adjacent to an activating group) is 1. The molecule has 0 saturated heterocycles. The first-order valence-corrected chi connectivity index (χ1v) is 5.39. The van der Waals surface area contributed by atoms with Gasteiger partial charge in [0.05, 0.1) is 6.10 Å². The van der Waals surface area contributed by atoms with Gasteiger partial charge in [0.25, 0.3) is 0 Å². The van der Waals surface area contributed by atoms with Crippen molar-refractivity contribution in [3.8, 4) is 0 Å². The van der Waals surface area contributed by atoms with Crippen molar-refractivity contribution >= 4 is 18.3 Å². The molecule has 16 heavy (non-hydrogen) atoms. The summed E-state index contributed by atoms with van der Waals surface area (Å²) in [5, 5.41) is 0. The number of nitrogens with zero attached hydrogens (tertiary/aromatic N) is 1. The molecule has 2 unspecified atom stereocenters. The van der Waals surface area contributed by atoms with E-state index >= 15 is 0 Å². The van der Waals surface area contributed by atoms with Crippen molar-refractivity contribution in [3.63, 3.8) is 0 Å². The van der Waals surface area contributed by atoms with Crippen molar-refractivity contribution in [2.75, 3.05) is 20.7 Å². The van der Waals surface area contributed by atoms with Gasteiger partial charge in [-0.1, -0.05) is 13.8 Å². The standard InChI is InChI=1S/C11H22N2O2.ClH/c1-6-15-8-7-11(12,10(8,2)3)9(14)13(4)5;/h8H,6-7,12H2,1-5H3;1H. The van der Waals surface area contributed by atoms with Crippen molar-refractivity contribution in [2.45, 2.75) is 38.8 Å². The molecule has 1 saturated carbocycles. The van der Waals surface area contributed by atoms with Gasteiger partial charge in [0.1, 0.15) is 5.54 Å². The molecule has 0 heterocycles.